The fourth-order valence-electron chi connectivity index (χ4n) is 4.01. The number of carbonyl (C=O) groups is 1. The highest BCUT2D eigenvalue weighted by molar-refractivity contribution is 7.90. The summed E-state index contributed by atoms with van der Waals surface area (Å²) in [6.07, 6.45) is 3.86. The van der Waals surface area contributed by atoms with Crippen LogP contribution in [0.3, 0.4) is 0 Å². The molecule has 1 saturated heterocycles. The Bertz CT molecular complexity index is 1080. The monoisotopic (exact) mass is 429 g/mol. The van der Waals surface area contributed by atoms with Crippen LogP contribution in [0, 0.1) is 5.82 Å². The molecule has 6 nitrogen and oxygen atoms in total. The molecule has 1 aliphatic heterocycles. The number of hydrogen-bond acceptors (Lipinski definition) is 3. The van der Waals surface area contributed by atoms with E-state index in [9.17, 15) is 17.6 Å². The summed E-state index contributed by atoms with van der Waals surface area (Å²) in [5.74, 6) is 0.0696. The highest BCUT2D eigenvalue weighted by Gasteiger charge is 2.45. The third-order valence-electron chi connectivity index (χ3n) is 6.01. The number of carbonyl (C=O) groups excluding carboxylic acids is 1. The van der Waals surface area contributed by atoms with Gasteiger partial charge in [0.15, 0.2) is 0 Å². The zero-order valence-electron chi connectivity index (χ0n) is 16.8. The molecule has 0 spiro atoms. The molecule has 2 aromatic carbocycles. The number of halogens is 1. The summed E-state index contributed by atoms with van der Waals surface area (Å²) in [6.45, 7) is 0.801. The molecule has 2 aliphatic rings. The third kappa shape index (κ3) is 3.84. The fraction of sp³-hybridized carbons (Fsp3) is 0.364. The molecule has 1 N–H and O–H groups in total. The molecule has 158 valence electrons. The average molecular weight is 430 g/mol. The number of nitrogens with zero attached hydrogens (tertiary/aromatic N) is 2. The Hall–Kier alpha value is -2.74. The maximum atomic E-state index is 13.3. The van der Waals surface area contributed by atoms with Crippen molar-refractivity contribution in [2.45, 2.75) is 42.4 Å². The summed E-state index contributed by atoms with van der Waals surface area (Å²) in [7, 11) is -1.96. The number of nitrogens with one attached hydrogen (secondary N) is 1. The van der Waals surface area contributed by atoms with E-state index in [1.807, 2.05) is 11.9 Å². The molecule has 1 saturated carbocycles. The first-order valence-electron chi connectivity index (χ1n) is 10.0. The van der Waals surface area contributed by atoms with E-state index < -0.39 is 15.4 Å². The number of benzene rings is 2. The van der Waals surface area contributed by atoms with E-state index in [-0.39, 0.29) is 16.6 Å². The molecule has 0 atom stereocenters. The zero-order chi connectivity index (χ0) is 21.4. The third-order valence-corrected chi connectivity index (χ3v) is 7.33. The van der Waals surface area contributed by atoms with Crippen LogP contribution in [0.2, 0.25) is 0 Å². The Labute approximate surface area is 175 Å². The summed E-state index contributed by atoms with van der Waals surface area (Å²) >= 11 is 0. The van der Waals surface area contributed by atoms with Gasteiger partial charge in [0.2, 0.25) is 5.91 Å². The molecule has 1 amide bonds. The summed E-state index contributed by atoms with van der Waals surface area (Å²) in [5.41, 5.74) is 0.638. The molecular formula is C22H24FN3O3S. The molecule has 0 radical (unpaired) electrons. The molecule has 30 heavy (non-hydrogen) atoms. The van der Waals surface area contributed by atoms with Crippen LogP contribution in [-0.4, -0.2) is 38.7 Å². The lowest BCUT2D eigenvalue weighted by molar-refractivity contribution is -0.124. The predicted molar refractivity (Wildman–Crippen MR) is 113 cm³/mol. The number of amides is 1. The Balaban J connectivity index is 1.51. The van der Waals surface area contributed by atoms with Crippen LogP contribution in [0.25, 0.3) is 0 Å². The number of hydrogen-bond donors (Lipinski definition) is 1. The Morgan fingerprint density at radius 3 is 2.27 bits per heavy atom. The van der Waals surface area contributed by atoms with E-state index in [0.717, 1.165) is 24.9 Å². The molecule has 0 bridgehead atoms. The Kier molecular flexibility index (Phi) is 5.36. The van der Waals surface area contributed by atoms with Crippen molar-refractivity contribution in [1.82, 2.24) is 4.90 Å². The van der Waals surface area contributed by atoms with Crippen molar-refractivity contribution < 1.29 is 17.6 Å². The van der Waals surface area contributed by atoms with Gasteiger partial charge in [0.05, 0.1) is 10.3 Å². The predicted octanol–water partition coefficient (Wildman–Crippen LogP) is 3.70. The number of sulfonamides is 1. The van der Waals surface area contributed by atoms with Gasteiger partial charge in [0.1, 0.15) is 11.7 Å². The summed E-state index contributed by atoms with van der Waals surface area (Å²) in [6, 6.07) is 12.1. The molecule has 8 heteroatoms. The van der Waals surface area contributed by atoms with Gasteiger partial charge in [-0.2, -0.15) is 8.42 Å². The zero-order valence-corrected chi connectivity index (χ0v) is 17.6. The average Bonchev–Trinajstić information content (AvgIpc) is 3.07. The number of anilines is 1. The van der Waals surface area contributed by atoms with Crippen LogP contribution in [0.4, 0.5) is 10.1 Å². The van der Waals surface area contributed by atoms with Crippen molar-refractivity contribution in [3.8, 4) is 0 Å². The summed E-state index contributed by atoms with van der Waals surface area (Å²) in [5, 5.41) is 2.89. The second kappa shape index (κ2) is 7.83. The lowest BCUT2D eigenvalue weighted by Gasteiger charge is -2.40. The summed E-state index contributed by atoms with van der Waals surface area (Å²) in [4.78, 5) is 14.9. The maximum absolute atomic E-state index is 13.3. The smallest absolute Gasteiger partial charge is 0.283 e. The van der Waals surface area contributed by atoms with E-state index in [0.29, 0.717) is 30.8 Å². The summed E-state index contributed by atoms with van der Waals surface area (Å²) < 4.78 is 42.3. The molecule has 2 fully saturated rings. The normalized spacial score (nSPS) is 19.5. The van der Waals surface area contributed by atoms with E-state index in [1.54, 1.807) is 24.3 Å². The molecule has 0 aromatic heterocycles. The minimum Gasteiger partial charge on any atom is -0.362 e. The van der Waals surface area contributed by atoms with Gasteiger partial charge in [-0.25, -0.2) is 4.39 Å². The number of amidine groups is 1. The van der Waals surface area contributed by atoms with Crippen molar-refractivity contribution in [3.05, 3.63) is 59.9 Å². The van der Waals surface area contributed by atoms with Gasteiger partial charge in [-0.15, -0.1) is 4.40 Å². The lowest BCUT2D eigenvalue weighted by atomic mass is 9.64. The fourth-order valence-corrected chi connectivity index (χ4v) is 5.10. The van der Waals surface area contributed by atoms with Gasteiger partial charge in [-0.3, -0.25) is 4.79 Å². The van der Waals surface area contributed by atoms with Crippen LogP contribution in [0.5, 0.6) is 0 Å². The highest BCUT2D eigenvalue weighted by Crippen LogP contribution is 2.44. The van der Waals surface area contributed by atoms with Crippen molar-refractivity contribution >= 4 is 27.5 Å². The Morgan fingerprint density at radius 1 is 1.07 bits per heavy atom. The molecule has 0 unspecified atom stereocenters. The molecule has 4 rings (SSSR count). The van der Waals surface area contributed by atoms with Crippen LogP contribution in [0.15, 0.2) is 57.8 Å². The topological polar surface area (TPSA) is 78.8 Å². The van der Waals surface area contributed by atoms with Crippen LogP contribution >= 0.6 is 0 Å². The van der Waals surface area contributed by atoms with E-state index >= 15 is 0 Å². The van der Waals surface area contributed by atoms with Crippen molar-refractivity contribution in [3.63, 3.8) is 0 Å². The van der Waals surface area contributed by atoms with Gasteiger partial charge in [-0.05, 0) is 61.2 Å². The van der Waals surface area contributed by atoms with Crippen LogP contribution in [0.1, 0.15) is 37.7 Å². The minimum absolute atomic E-state index is 0.0881. The molecule has 1 heterocycles. The first kappa shape index (κ1) is 20.5. The van der Waals surface area contributed by atoms with Crippen molar-refractivity contribution in [2.24, 2.45) is 4.40 Å². The van der Waals surface area contributed by atoms with E-state index in [4.69, 9.17) is 0 Å². The minimum atomic E-state index is -3.79. The van der Waals surface area contributed by atoms with Crippen LogP contribution < -0.4 is 5.32 Å². The van der Waals surface area contributed by atoms with Crippen LogP contribution in [-0.2, 0) is 20.2 Å². The van der Waals surface area contributed by atoms with E-state index in [1.165, 1.54) is 24.3 Å². The highest BCUT2D eigenvalue weighted by atomic mass is 32.2. The largest absolute Gasteiger partial charge is 0.362 e. The second-order valence-electron chi connectivity index (χ2n) is 7.93. The quantitative estimate of drug-likeness (QED) is 0.786. The SMILES string of the molecule is CN1CCC/C1=N\S(=O)(=O)c1ccc(NC(=O)C2(c3ccc(F)cc3)CCC2)cc1. The van der Waals surface area contributed by atoms with Gasteiger partial charge in [0.25, 0.3) is 10.0 Å². The van der Waals surface area contributed by atoms with E-state index in [2.05, 4.69) is 9.71 Å². The first-order valence-corrected chi connectivity index (χ1v) is 11.5. The van der Waals surface area contributed by atoms with Gasteiger partial charge in [-0.1, -0.05) is 18.6 Å². The second-order valence-corrected chi connectivity index (χ2v) is 9.53. The molecule has 1 aliphatic carbocycles. The van der Waals surface area contributed by atoms with Gasteiger partial charge < -0.3 is 10.2 Å². The number of likely N-dealkylation sites (tertiary alicyclic amines) is 1. The maximum Gasteiger partial charge on any atom is 0.283 e. The lowest BCUT2D eigenvalue weighted by Crippen LogP contribution is -2.46. The first-order chi connectivity index (χ1) is 14.3. The van der Waals surface area contributed by atoms with Crippen molar-refractivity contribution in [1.29, 1.82) is 0 Å². The Morgan fingerprint density at radius 2 is 1.73 bits per heavy atom. The van der Waals surface area contributed by atoms with Gasteiger partial charge in [0, 0.05) is 25.7 Å². The van der Waals surface area contributed by atoms with Crippen molar-refractivity contribution in [2.75, 3.05) is 18.9 Å². The standard InChI is InChI=1S/C22H24FN3O3S/c1-26-15-2-4-20(26)25-30(28,29)19-11-9-18(10-12-19)24-21(27)22(13-3-14-22)16-5-7-17(23)8-6-16/h5-12H,2-4,13-15H2,1H3,(H,24,27)/b25-20+. The van der Waals surface area contributed by atoms with Gasteiger partial charge >= 0.3 is 0 Å². The number of rotatable bonds is 5. The molecule has 2 aromatic rings. The molecular weight excluding hydrogens is 405 g/mol.